The number of nitrogens with zero attached hydrogens (tertiary/aromatic N) is 1. The van der Waals surface area contributed by atoms with Gasteiger partial charge in [-0.05, 0) is 30.5 Å². The number of urea groups is 1. The Morgan fingerprint density at radius 2 is 2.32 bits per heavy atom. The molecule has 1 spiro atoms. The Hall–Kier alpha value is -2.24. The van der Waals surface area contributed by atoms with E-state index in [1.807, 2.05) is 24.3 Å². The average Bonchev–Trinajstić information content (AvgIpc) is 3.12. The standard InChI is InChI=1S/C16H21N3O3/c1-22-13-4-2-3-12(9-13)10-17-15(21)19-8-7-16(11-19)6-5-14(20)18-16/h2-4,9H,5-8,10-11H2,1H3,(H,17,21)(H,18,20). The van der Waals surface area contributed by atoms with Crippen LogP contribution < -0.4 is 15.4 Å². The van der Waals surface area contributed by atoms with E-state index >= 15 is 0 Å². The van der Waals surface area contributed by atoms with Crippen molar-refractivity contribution in [1.82, 2.24) is 15.5 Å². The third kappa shape index (κ3) is 3.00. The normalized spacial score (nSPS) is 23.7. The first-order valence-corrected chi connectivity index (χ1v) is 7.57. The summed E-state index contributed by atoms with van der Waals surface area (Å²) >= 11 is 0. The topological polar surface area (TPSA) is 70.7 Å². The van der Waals surface area contributed by atoms with Crippen LogP contribution in [0.2, 0.25) is 0 Å². The summed E-state index contributed by atoms with van der Waals surface area (Å²) in [6.45, 7) is 1.75. The highest BCUT2D eigenvalue weighted by Crippen LogP contribution is 2.30. The smallest absolute Gasteiger partial charge is 0.317 e. The zero-order chi connectivity index (χ0) is 15.6. The molecule has 2 N–H and O–H groups in total. The molecule has 2 aliphatic heterocycles. The second-order valence-corrected chi connectivity index (χ2v) is 6.01. The molecule has 3 amide bonds. The van der Waals surface area contributed by atoms with E-state index in [9.17, 15) is 9.59 Å². The summed E-state index contributed by atoms with van der Waals surface area (Å²) in [7, 11) is 1.62. The first kappa shape index (κ1) is 14.7. The van der Waals surface area contributed by atoms with E-state index in [-0.39, 0.29) is 17.5 Å². The second-order valence-electron chi connectivity index (χ2n) is 6.01. The minimum Gasteiger partial charge on any atom is -0.497 e. The van der Waals surface area contributed by atoms with Crippen molar-refractivity contribution in [3.05, 3.63) is 29.8 Å². The Bertz CT molecular complexity index is 590. The number of methoxy groups -OCH3 is 1. The largest absolute Gasteiger partial charge is 0.497 e. The molecular weight excluding hydrogens is 282 g/mol. The minimum atomic E-state index is -0.190. The Morgan fingerprint density at radius 3 is 3.05 bits per heavy atom. The molecule has 118 valence electrons. The second kappa shape index (κ2) is 5.87. The molecule has 1 aromatic rings. The monoisotopic (exact) mass is 303 g/mol. The van der Waals surface area contributed by atoms with Gasteiger partial charge in [-0.25, -0.2) is 4.79 Å². The van der Waals surface area contributed by atoms with Gasteiger partial charge in [0.1, 0.15) is 5.75 Å². The number of amides is 3. The lowest BCUT2D eigenvalue weighted by molar-refractivity contribution is -0.119. The Morgan fingerprint density at radius 1 is 1.45 bits per heavy atom. The molecule has 0 radical (unpaired) electrons. The fourth-order valence-corrected chi connectivity index (χ4v) is 3.20. The zero-order valence-corrected chi connectivity index (χ0v) is 12.7. The quantitative estimate of drug-likeness (QED) is 0.883. The van der Waals surface area contributed by atoms with Crippen LogP contribution in [0, 0.1) is 0 Å². The van der Waals surface area contributed by atoms with Gasteiger partial charge in [0.25, 0.3) is 0 Å². The molecule has 6 nitrogen and oxygen atoms in total. The van der Waals surface area contributed by atoms with Crippen molar-refractivity contribution in [1.29, 1.82) is 0 Å². The molecule has 0 aliphatic carbocycles. The first-order chi connectivity index (χ1) is 10.6. The van der Waals surface area contributed by atoms with Crippen LogP contribution in [0.1, 0.15) is 24.8 Å². The summed E-state index contributed by atoms with van der Waals surface area (Å²) in [5.41, 5.74) is 0.806. The Balaban J connectivity index is 1.53. The van der Waals surface area contributed by atoms with Gasteiger partial charge in [0.15, 0.2) is 0 Å². The molecule has 2 aliphatic rings. The summed E-state index contributed by atoms with van der Waals surface area (Å²) in [5, 5.41) is 5.95. The van der Waals surface area contributed by atoms with E-state index in [1.54, 1.807) is 12.0 Å². The summed E-state index contributed by atoms with van der Waals surface area (Å²) in [6, 6.07) is 7.55. The molecule has 0 bridgehead atoms. The zero-order valence-electron chi connectivity index (χ0n) is 12.7. The molecule has 0 saturated carbocycles. The van der Waals surface area contributed by atoms with Gasteiger partial charge in [0, 0.05) is 26.1 Å². The SMILES string of the molecule is COc1cccc(CNC(=O)N2CCC3(CCC(=O)N3)C2)c1. The maximum Gasteiger partial charge on any atom is 0.317 e. The van der Waals surface area contributed by atoms with Gasteiger partial charge in [-0.3, -0.25) is 4.79 Å². The maximum absolute atomic E-state index is 12.3. The lowest BCUT2D eigenvalue weighted by Gasteiger charge is -2.24. The van der Waals surface area contributed by atoms with E-state index in [0.29, 0.717) is 26.1 Å². The number of benzene rings is 1. The van der Waals surface area contributed by atoms with Crippen molar-refractivity contribution in [3.8, 4) is 5.75 Å². The third-order valence-corrected chi connectivity index (χ3v) is 4.45. The maximum atomic E-state index is 12.3. The van der Waals surface area contributed by atoms with Crippen molar-refractivity contribution < 1.29 is 14.3 Å². The highest BCUT2D eigenvalue weighted by molar-refractivity contribution is 5.80. The molecule has 2 saturated heterocycles. The predicted octanol–water partition coefficient (Wildman–Crippen LogP) is 1.26. The number of carbonyl (C=O) groups is 2. The number of likely N-dealkylation sites (tertiary alicyclic amines) is 1. The number of nitrogens with one attached hydrogen (secondary N) is 2. The number of ether oxygens (including phenoxy) is 1. The summed E-state index contributed by atoms with van der Waals surface area (Å²) in [6.07, 6.45) is 2.23. The van der Waals surface area contributed by atoms with Crippen molar-refractivity contribution in [3.63, 3.8) is 0 Å². The molecular formula is C16H21N3O3. The van der Waals surface area contributed by atoms with Gasteiger partial charge in [0.2, 0.25) is 5.91 Å². The molecule has 2 heterocycles. The van der Waals surface area contributed by atoms with Gasteiger partial charge in [0.05, 0.1) is 12.6 Å². The van der Waals surface area contributed by atoms with E-state index in [4.69, 9.17) is 4.74 Å². The summed E-state index contributed by atoms with van der Waals surface area (Å²) in [5.74, 6) is 0.874. The lowest BCUT2D eigenvalue weighted by Crippen LogP contribution is -2.46. The number of hydrogen-bond acceptors (Lipinski definition) is 3. The van der Waals surface area contributed by atoms with E-state index in [1.165, 1.54) is 0 Å². The Labute approximate surface area is 129 Å². The van der Waals surface area contributed by atoms with Crippen molar-refractivity contribution in [2.75, 3.05) is 20.2 Å². The molecule has 1 atom stereocenters. The molecule has 22 heavy (non-hydrogen) atoms. The van der Waals surface area contributed by atoms with Crippen LogP contribution in [-0.2, 0) is 11.3 Å². The third-order valence-electron chi connectivity index (χ3n) is 4.45. The molecule has 2 fully saturated rings. The van der Waals surface area contributed by atoms with Crippen LogP contribution in [0.5, 0.6) is 5.75 Å². The van der Waals surface area contributed by atoms with Crippen molar-refractivity contribution >= 4 is 11.9 Å². The van der Waals surface area contributed by atoms with E-state index < -0.39 is 0 Å². The fraction of sp³-hybridized carbons (Fsp3) is 0.500. The van der Waals surface area contributed by atoms with Crippen LogP contribution in [-0.4, -0.2) is 42.6 Å². The van der Waals surface area contributed by atoms with Gasteiger partial charge in [-0.1, -0.05) is 12.1 Å². The molecule has 1 unspecified atom stereocenters. The van der Waals surface area contributed by atoms with Crippen LogP contribution in [0.3, 0.4) is 0 Å². The predicted molar refractivity (Wildman–Crippen MR) is 81.5 cm³/mol. The number of carbonyl (C=O) groups excluding carboxylic acids is 2. The molecule has 6 heteroatoms. The van der Waals surface area contributed by atoms with Gasteiger partial charge >= 0.3 is 6.03 Å². The van der Waals surface area contributed by atoms with Crippen LogP contribution >= 0.6 is 0 Å². The van der Waals surface area contributed by atoms with Crippen molar-refractivity contribution in [2.24, 2.45) is 0 Å². The summed E-state index contributed by atoms with van der Waals surface area (Å²) in [4.78, 5) is 25.5. The van der Waals surface area contributed by atoms with Crippen LogP contribution in [0.15, 0.2) is 24.3 Å². The van der Waals surface area contributed by atoms with Gasteiger partial charge in [-0.15, -0.1) is 0 Å². The minimum absolute atomic E-state index is 0.0826. The van der Waals surface area contributed by atoms with Crippen molar-refractivity contribution in [2.45, 2.75) is 31.3 Å². The highest BCUT2D eigenvalue weighted by Gasteiger charge is 2.44. The average molecular weight is 303 g/mol. The first-order valence-electron chi connectivity index (χ1n) is 7.57. The lowest BCUT2D eigenvalue weighted by atomic mass is 9.97. The Kier molecular flexibility index (Phi) is 3.92. The number of rotatable bonds is 3. The van der Waals surface area contributed by atoms with Gasteiger partial charge < -0.3 is 20.3 Å². The summed E-state index contributed by atoms with van der Waals surface area (Å²) < 4.78 is 5.17. The molecule has 1 aromatic carbocycles. The van der Waals surface area contributed by atoms with Gasteiger partial charge in [-0.2, -0.15) is 0 Å². The van der Waals surface area contributed by atoms with E-state index in [2.05, 4.69) is 10.6 Å². The number of hydrogen-bond donors (Lipinski definition) is 2. The van der Waals surface area contributed by atoms with E-state index in [0.717, 1.165) is 24.2 Å². The fourth-order valence-electron chi connectivity index (χ4n) is 3.20. The highest BCUT2D eigenvalue weighted by atomic mass is 16.5. The van der Waals surface area contributed by atoms with Crippen LogP contribution in [0.25, 0.3) is 0 Å². The molecule has 3 rings (SSSR count). The molecule has 0 aromatic heterocycles. The van der Waals surface area contributed by atoms with Crippen LogP contribution in [0.4, 0.5) is 4.79 Å².